The molecule has 0 atom stereocenters. The van der Waals surface area contributed by atoms with E-state index in [1.165, 1.54) is 0 Å². The minimum absolute atomic E-state index is 0.0216. The Bertz CT molecular complexity index is 1180. The minimum atomic E-state index is -0.0216. The van der Waals surface area contributed by atoms with Crippen LogP contribution in [0.3, 0.4) is 0 Å². The summed E-state index contributed by atoms with van der Waals surface area (Å²) in [5, 5.41) is 21.1. The highest BCUT2D eigenvalue weighted by molar-refractivity contribution is 5.93. The van der Waals surface area contributed by atoms with Gasteiger partial charge in [-0.15, -0.1) is 0 Å². The zero-order valence-electron chi connectivity index (χ0n) is 15.7. The molecule has 2 aromatic carbocycles. The van der Waals surface area contributed by atoms with Crippen LogP contribution in [0.15, 0.2) is 79.0 Å². The van der Waals surface area contributed by atoms with Gasteiger partial charge in [0.2, 0.25) is 0 Å². The quantitative estimate of drug-likeness (QED) is 0.536. The molecule has 4 rings (SSSR count). The van der Waals surface area contributed by atoms with E-state index in [-0.39, 0.29) is 17.1 Å². The summed E-state index contributed by atoms with van der Waals surface area (Å²) in [5.41, 5.74) is 3.65. The van der Waals surface area contributed by atoms with Gasteiger partial charge >= 0.3 is 0 Å². The molecule has 1 N–H and O–H groups in total. The Morgan fingerprint density at radius 3 is 2.17 bits per heavy atom. The third-order valence-corrected chi connectivity index (χ3v) is 4.63. The summed E-state index contributed by atoms with van der Waals surface area (Å²) in [6, 6.07) is 24.3. The molecule has 2 aromatic heterocycles. The van der Waals surface area contributed by atoms with E-state index < -0.39 is 0 Å². The lowest BCUT2D eigenvalue weighted by molar-refractivity contribution is 0.415. The average Bonchev–Trinajstić information content (AvgIpc) is 2.80. The second kappa shape index (κ2) is 7.83. The highest BCUT2D eigenvalue weighted by Gasteiger charge is 2.23. The predicted molar refractivity (Wildman–Crippen MR) is 111 cm³/mol. The number of nitriles is 1. The summed E-state index contributed by atoms with van der Waals surface area (Å²) < 4.78 is 5.25. The largest absolute Gasteiger partial charge is 0.505 e. The van der Waals surface area contributed by atoms with Gasteiger partial charge < -0.3 is 9.84 Å². The number of methoxy groups -OCH3 is 1. The third kappa shape index (κ3) is 3.40. The van der Waals surface area contributed by atoms with Gasteiger partial charge in [0.1, 0.15) is 23.2 Å². The monoisotopic (exact) mass is 379 g/mol. The van der Waals surface area contributed by atoms with Crippen LogP contribution in [-0.2, 0) is 0 Å². The lowest BCUT2D eigenvalue weighted by Gasteiger charge is -2.17. The number of hydrogen-bond acceptors (Lipinski definition) is 5. The van der Waals surface area contributed by atoms with Crippen molar-refractivity contribution in [2.24, 2.45) is 0 Å². The maximum absolute atomic E-state index is 11.2. The van der Waals surface area contributed by atoms with Gasteiger partial charge in [-0.1, -0.05) is 48.5 Å². The van der Waals surface area contributed by atoms with Gasteiger partial charge in [-0.25, -0.2) is 4.98 Å². The fourth-order valence-corrected chi connectivity index (χ4v) is 3.26. The number of pyridine rings is 2. The van der Waals surface area contributed by atoms with Crippen molar-refractivity contribution in [2.45, 2.75) is 0 Å². The lowest BCUT2D eigenvalue weighted by Crippen LogP contribution is -1.99. The van der Waals surface area contributed by atoms with E-state index in [0.717, 1.165) is 11.1 Å². The molecule has 0 fully saturated rings. The van der Waals surface area contributed by atoms with Crippen LogP contribution < -0.4 is 4.74 Å². The van der Waals surface area contributed by atoms with Crippen molar-refractivity contribution >= 4 is 0 Å². The Balaban J connectivity index is 2.07. The van der Waals surface area contributed by atoms with E-state index in [1.54, 1.807) is 25.4 Å². The molecule has 0 unspecified atom stereocenters. The first-order chi connectivity index (χ1) is 14.2. The van der Waals surface area contributed by atoms with E-state index in [0.29, 0.717) is 22.6 Å². The smallest absolute Gasteiger partial charge is 0.152 e. The molecule has 5 heteroatoms. The maximum atomic E-state index is 11.2. The second-order valence-electron chi connectivity index (χ2n) is 6.33. The number of aromatic hydroxyl groups is 1. The number of nitrogens with zero attached hydrogens (tertiary/aromatic N) is 3. The van der Waals surface area contributed by atoms with Gasteiger partial charge in [0.25, 0.3) is 0 Å². The van der Waals surface area contributed by atoms with E-state index in [4.69, 9.17) is 4.74 Å². The first-order valence-corrected chi connectivity index (χ1v) is 9.01. The van der Waals surface area contributed by atoms with Crippen LogP contribution in [0.25, 0.3) is 33.6 Å². The fraction of sp³-hybridized carbons (Fsp3) is 0.0417. The first-order valence-electron chi connectivity index (χ1n) is 9.01. The SMILES string of the molecule is COc1ccc(-c2c(O)c(-c3ccccn3)nc(C#N)c2-c2ccccc2)cc1. The fourth-order valence-electron chi connectivity index (χ4n) is 3.26. The summed E-state index contributed by atoms with van der Waals surface area (Å²) in [6.45, 7) is 0. The van der Waals surface area contributed by atoms with Gasteiger partial charge in [-0.3, -0.25) is 4.98 Å². The molecule has 2 heterocycles. The zero-order chi connectivity index (χ0) is 20.2. The van der Waals surface area contributed by atoms with Gasteiger partial charge in [0, 0.05) is 17.3 Å². The Labute approximate surface area is 168 Å². The summed E-state index contributed by atoms with van der Waals surface area (Å²) >= 11 is 0. The summed E-state index contributed by atoms with van der Waals surface area (Å²) in [5.74, 6) is 0.681. The van der Waals surface area contributed by atoms with Crippen LogP contribution >= 0.6 is 0 Å². The molecule has 5 nitrogen and oxygen atoms in total. The van der Waals surface area contributed by atoms with Crippen LogP contribution in [0.1, 0.15) is 5.69 Å². The van der Waals surface area contributed by atoms with Crippen LogP contribution in [-0.4, -0.2) is 22.2 Å². The lowest BCUT2D eigenvalue weighted by atomic mass is 9.91. The number of hydrogen-bond donors (Lipinski definition) is 1. The Morgan fingerprint density at radius 2 is 1.55 bits per heavy atom. The molecule has 4 aromatic rings. The normalized spacial score (nSPS) is 10.3. The van der Waals surface area contributed by atoms with Crippen molar-refractivity contribution in [3.63, 3.8) is 0 Å². The standard InChI is InChI=1S/C24H17N3O2/c1-29-18-12-10-17(11-13-18)22-21(16-7-3-2-4-8-16)20(15-25)27-23(24(22)28)19-9-5-6-14-26-19/h2-14,28H,1H3. The highest BCUT2D eigenvalue weighted by Crippen LogP contribution is 2.44. The molecule has 140 valence electrons. The second-order valence-corrected chi connectivity index (χ2v) is 6.33. The topological polar surface area (TPSA) is 79.0 Å². The van der Waals surface area contributed by atoms with Crippen molar-refractivity contribution in [1.82, 2.24) is 9.97 Å². The van der Waals surface area contributed by atoms with Gasteiger partial charge in [0.15, 0.2) is 5.75 Å². The molecule has 0 aliphatic heterocycles. The molecule has 29 heavy (non-hydrogen) atoms. The van der Waals surface area contributed by atoms with Crippen molar-refractivity contribution in [3.05, 3.63) is 84.7 Å². The van der Waals surface area contributed by atoms with Crippen LogP contribution in [0, 0.1) is 11.3 Å². The van der Waals surface area contributed by atoms with Crippen molar-refractivity contribution in [3.8, 4) is 51.2 Å². The number of aromatic nitrogens is 2. The molecule has 0 bridgehead atoms. The van der Waals surface area contributed by atoms with Gasteiger partial charge in [0.05, 0.1) is 12.8 Å². The molecule has 0 saturated heterocycles. The Hall–Kier alpha value is -4.17. The predicted octanol–water partition coefficient (Wildman–Crippen LogP) is 5.06. The number of benzene rings is 2. The van der Waals surface area contributed by atoms with Crippen molar-refractivity contribution in [2.75, 3.05) is 7.11 Å². The Morgan fingerprint density at radius 1 is 0.862 bits per heavy atom. The summed E-state index contributed by atoms with van der Waals surface area (Å²) in [4.78, 5) is 8.76. The van der Waals surface area contributed by atoms with Crippen LogP contribution in [0.5, 0.6) is 11.5 Å². The molecular weight excluding hydrogens is 362 g/mol. The van der Waals surface area contributed by atoms with Crippen LogP contribution in [0.2, 0.25) is 0 Å². The number of rotatable bonds is 4. The van der Waals surface area contributed by atoms with Gasteiger partial charge in [-0.05, 0) is 35.4 Å². The van der Waals surface area contributed by atoms with E-state index in [1.807, 2.05) is 60.7 Å². The molecule has 0 saturated carbocycles. The van der Waals surface area contributed by atoms with E-state index >= 15 is 0 Å². The molecule has 0 aliphatic carbocycles. The van der Waals surface area contributed by atoms with Crippen molar-refractivity contribution in [1.29, 1.82) is 5.26 Å². The molecule has 0 spiro atoms. The van der Waals surface area contributed by atoms with E-state index in [9.17, 15) is 10.4 Å². The molecule has 0 radical (unpaired) electrons. The minimum Gasteiger partial charge on any atom is -0.505 e. The maximum Gasteiger partial charge on any atom is 0.152 e. The summed E-state index contributed by atoms with van der Waals surface area (Å²) in [6.07, 6.45) is 1.63. The molecule has 0 amide bonds. The van der Waals surface area contributed by atoms with Crippen LogP contribution in [0.4, 0.5) is 0 Å². The van der Waals surface area contributed by atoms with E-state index in [2.05, 4.69) is 16.0 Å². The van der Waals surface area contributed by atoms with Crippen molar-refractivity contribution < 1.29 is 9.84 Å². The third-order valence-electron chi connectivity index (χ3n) is 4.63. The average molecular weight is 379 g/mol. The van der Waals surface area contributed by atoms with Gasteiger partial charge in [-0.2, -0.15) is 5.26 Å². The summed E-state index contributed by atoms with van der Waals surface area (Å²) in [7, 11) is 1.60. The zero-order valence-corrected chi connectivity index (χ0v) is 15.7. The number of ether oxygens (including phenoxy) is 1. The molecular formula is C24H17N3O2. The Kier molecular flexibility index (Phi) is 4.91. The first kappa shape index (κ1) is 18.2. The highest BCUT2D eigenvalue weighted by atomic mass is 16.5. The molecule has 0 aliphatic rings.